The van der Waals surface area contributed by atoms with E-state index < -0.39 is 16.1 Å². The minimum absolute atomic E-state index is 0.182. The van der Waals surface area contributed by atoms with Crippen molar-refractivity contribution >= 4 is 15.9 Å². The molecule has 170 valence electrons. The van der Waals surface area contributed by atoms with Crippen LogP contribution < -0.4 is 10.0 Å². The first-order valence-electron chi connectivity index (χ1n) is 10.9. The van der Waals surface area contributed by atoms with Crippen molar-refractivity contribution in [2.45, 2.75) is 51.0 Å². The number of likely N-dealkylation sites (N-methyl/N-ethyl adjacent to an activating group) is 1. The number of nitrogens with one attached hydrogen (secondary N) is 2. The van der Waals surface area contributed by atoms with Crippen LogP contribution in [-0.4, -0.2) is 76.5 Å². The SMILES string of the molecule is Cc1ccc(S(=O)(=O)NC(CC(C)C)C(=O)NCCCCN2CCN(C)CC2)cc1. The fourth-order valence-electron chi connectivity index (χ4n) is 3.52. The van der Waals surface area contributed by atoms with Gasteiger partial charge in [-0.2, -0.15) is 4.72 Å². The van der Waals surface area contributed by atoms with Crippen molar-refractivity contribution in [2.75, 3.05) is 46.3 Å². The van der Waals surface area contributed by atoms with Crippen LogP contribution in [0.3, 0.4) is 0 Å². The van der Waals surface area contributed by atoms with Crippen molar-refractivity contribution in [2.24, 2.45) is 5.92 Å². The molecule has 1 unspecified atom stereocenters. The molecular formula is C22H38N4O3S. The highest BCUT2D eigenvalue weighted by atomic mass is 32.2. The standard InChI is InChI=1S/C22H38N4O3S/c1-18(2)17-21(24-30(28,29)20-9-7-19(3)8-10-20)22(27)23-11-5-6-12-26-15-13-25(4)14-16-26/h7-10,18,21,24H,5-6,11-17H2,1-4H3,(H,23,27). The Kier molecular flexibility index (Phi) is 9.74. The smallest absolute Gasteiger partial charge is 0.241 e. The van der Waals surface area contributed by atoms with Crippen molar-refractivity contribution < 1.29 is 13.2 Å². The van der Waals surface area contributed by atoms with Gasteiger partial charge in [-0.3, -0.25) is 4.79 Å². The van der Waals surface area contributed by atoms with E-state index >= 15 is 0 Å². The fraction of sp³-hybridized carbons (Fsp3) is 0.682. The molecule has 0 radical (unpaired) electrons. The molecule has 1 atom stereocenters. The fourth-order valence-corrected chi connectivity index (χ4v) is 4.73. The number of nitrogens with zero attached hydrogens (tertiary/aromatic N) is 2. The molecule has 1 saturated heterocycles. The van der Waals surface area contributed by atoms with E-state index in [2.05, 4.69) is 26.9 Å². The summed E-state index contributed by atoms with van der Waals surface area (Å²) in [6.45, 7) is 11.9. The number of sulfonamides is 1. The lowest BCUT2D eigenvalue weighted by atomic mass is 10.0. The van der Waals surface area contributed by atoms with Crippen molar-refractivity contribution in [3.63, 3.8) is 0 Å². The van der Waals surface area contributed by atoms with E-state index in [0.717, 1.165) is 51.1 Å². The first-order valence-corrected chi connectivity index (χ1v) is 12.4. The summed E-state index contributed by atoms with van der Waals surface area (Å²) in [4.78, 5) is 17.7. The number of benzene rings is 1. The topological polar surface area (TPSA) is 81.7 Å². The third-order valence-corrected chi connectivity index (χ3v) is 6.94. The van der Waals surface area contributed by atoms with E-state index in [9.17, 15) is 13.2 Å². The maximum absolute atomic E-state index is 12.7. The second-order valence-electron chi connectivity index (χ2n) is 8.76. The zero-order valence-corrected chi connectivity index (χ0v) is 19.7. The Morgan fingerprint density at radius 2 is 1.70 bits per heavy atom. The summed E-state index contributed by atoms with van der Waals surface area (Å²) in [5.41, 5.74) is 0.988. The molecule has 1 aliphatic rings. The van der Waals surface area contributed by atoms with Gasteiger partial charge >= 0.3 is 0 Å². The lowest BCUT2D eigenvalue weighted by molar-refractivity contribution is -0.123. The van der Waals surface area contributed by atoms with E-state index in [0.29, 0.717) is 13.0 Å². The van der Waals surface area contributed by atoms with Crippen LogP contribution in [0.2, 0.25) is 0 Å². The largest absolute Gasteiger partial charge is 0.355 e. The number of amides is 1. The zero-order chi connectivity index (χ0) is 22.1. The molecule has 1 amide bonds. The predicted molar refractivity (Wildman–Crippen MR) is 121 cm³/mol. The Bertz CT molecular complexity index is 757. The van der Waals surface area contributed by atoms with Gasteiger partial charge in [0.05, 0.1) is 4.90 Å². The number of carbonyl (C=O) groups excluding carboxylic acids is 1. The number of rotatable bonds is 11. The molecule has 1 aromatic rings. The summed E-state index contributed by atoms with van der Waals surface area (Å²) in [5, 5.41) is 2.92. The van der Waals surface area contributed by atoms with Crippen LogP contribution >= 0.6 is 0 Å². The summed E-state index contributed by atoms with van der Waals surface area (Å²) in [7, 11) is -1.60. The Labute approximate surface area is 182 Å². The van der Waals surface area contributed by atoms with Gasteiger partial charge < -0.3 is 15.1 Å². The molecule has 1 fully saturated rings. The molecular weight excluding hydrogens is 400 g/mol. The van der Waals surface area contributed by atoms with Gasteiger partial charge in [-0.05, 0) is 57.8 Å². The molecule has 1 aliphatic heterocycles. The van der Waals surface area contributed by atoms with Crippen LogP contribution in [-0.2, 0) is 14.8 Å². The molecule has 8 heteroatoms. The molecule has 0 spiro atoms. The molecule has 30 heavy (non-hydrogen) atoms. The third kappa shape index (κ3) is 8.34. The molecule has 2 N–H and O–H groups in total. The number of hydrogen-bond acceptors (Lipinski definition) is 5. The normalized spacial score (nSPS) is 17.2. The lowest BCUT2D eigenvalue weighted by Crippen LogP contribution is -2.47. The van der Waals surface area contributed by atoms with Crippen LogP contribution in [0.25, 0.3) is 0 Å². The molecule has 7 nitrogen and oxygen atoms in total. The van der Waals surface area contributed by atoms with Crippen LogP contribution in [0.5, 0.6) is 0 Å². The average Bonchev–Trinajstić information content (AvgIpc) is 2.68. The van der Waals surface area contributed by atoms with Crippen LogP contribution in [0.4, 0.5) is 0 Å². The van der Waals surface area contributed by atoms with E-state index in [1.54, 1.807) is 24.3 Å². The predicted octanol–water partition coefficient (Wildman–Crippen LogP) is 1.83. The summed E-state index contributed by atoms with van der Waals surface area (Å²) in [5.74, 6) is -0.0577. The van der Waals surface area contributed by atoms with Gasteiger partial charge in [0.1, 0.15) is 6.04 Å². The minimum Gasteiger partial charge on any atom is -0.355 e. The van der Waals surface area contributed by atoms with E-state index in [1.807, 2.05) is 20.8 Å². The van der Waals surface area contributed by atoms with Crippen molar-refractivity contribution in [3.05, 3.63) is 29.8 Å². The molecule has 0 aliphatic carbocycles. The summed E-state index contributed by atoms with van der Waals surface area (Å²) in [6.07, 6.45) is 2.36. The first-order chi connectivity index (χ1) is 14.2. The monoisotopic (exact) mass is 438 g/mol. The number of unbranched alkanes of at least 4 members (excludes halogenated alkanes) is 1. The van der Waals surface area contributed by atoms with Crippen molar-refractivity contribution in [1.29, 1.82) is 0 Å². The maximum Gasteiger partial charge on any atom is 0.241 e. The number of carbonyl (C=O) groups is 1. The highest BCUT2D eigenvalue weighted by Crippen LogP contribution is 2.13. The van der Waals surface area contributed by atoms with Crippen LogP contribution in [0.1, 0.15) is 38.7 Å². The summed E-state index contributed by atoms with van der Waals surface area (Å²) >= 11 is 0. The second kappa shape index (κ2) is 11.8. The van der Waals surface area contributed by atoms with Crippen molar-refractivity contribution in [3.8, 4) is 0 Å². The van der Waals surface area contributed by atoms with Crippen LogP contribution in [0.15, 0.2) is 29.2 Å². The Morgan fingerprint density at radius 3 is 2.30 bits per heavy atom. The second-order valence-corrected chi connectivity index (χ2v) is 10.5. The highest BCUT2D eigenvalue weighted by Gasteiger charge is 2.26. The minimum atomic E-state index is -3.74. The molecule has 0 saturated carbocycles. The molecule has 1 aromatic carbocycles. The Balaban J connectivity index is 1.82. The summed E-state index contributed by atoms with van der Waals surface area (Å²) in [6, 6.07) is 5.88. The number of piperazine rings is 1. The van der Waals surface area contributed by atoms with Gasteiger partial charge in [0.15, 0.2) is 0 Å². The maximum atomic E-state index is 12.7. The first kappa shape index (κ1) is 24.8. The number of hydrogen-bond donors (Lipinski definition) is 2. The number of aryl methyl sites for hydroxylation is 1. The molecule has 2 rings (SSSR count). The molecule has 1 heterocycles. The summed E-state index contributed by atoms with van der Waals surface area (Å²) < 4.78 is 28.0. The Morgan fingerprint density at radius 1 is 1.07 bits per heavy atom. The quantitative estimate of drug-likeness (QED) is 0.515. The molecule has 0 aromatic heterocycles. The van der Waals surface area contributed by atoms with E-state index in [4.69, 9.17) is 0 Å². The molecule has 0 bridgehead atoms. The van der Waals surface area contributed by atoms with Gasteiger partial charge in [-0.15, -0.1) is 0 Å². The average molecular weight is 439 g/mol. The van der Waals surface area contributed by atoms with Gasteiger partial charge in [0.25, 0.3) is 0 Å². The van der Waals surface area contributed by atoms with Gasteiger partial charge in [-0.25, -0.2) is 8.42 Å². The third-order valence-electron chi connectivity index (χ3n) is 5.45. The van der Waals surface area contributed by atoms with E-state index in [-0.39, 0.29) is 16.7 Å². The Hall–Kier alpha value is -1.48. The van der Waals surface area contributed by atoms with E-state index in [1.165, 1.54) is 0 Å². The van der Waals surface area contributed by atoms with Gasteiger partial charge in [-0.1, -0.05) is 31.5 Å². The van der Waals surface area contributed by atoms with Crippen molar-refractivity contribution in [1.82, 2.24) is 19.8 Å². The zero-order valence-electron chi connectivity index (χ0n) is 18.9. The lowest BCUT2D eigenvalue weighted by Gasteiger charge is -2.32. The highest BCUT2D eigenvalue weighted by molar-refractivity contribution is 7.89. The van der Waals surface area contributed by atoms with Gasteiger partial charge in [0, 0.05) is 32.7 Å². The van der Waals surface area contributed by atoms with Crippen LogP contribution in [0, 0.1) is 12.8 Å². The van der Waals surface area contributed by atoms with Gasteiger partial charge in [0.2, 0.25) is 15.9 Å².